The third-order valence-corrected chi connectivity index (χ3v) is 6.72. The minimum atomic E-state index is -0.361. The summed E-state index contributed by atoms with van der Waals surface area (Å²) < 4.78 is 5.43. The average molecular weight is 507 g/mol. The van der Waals surface area contributed by atoms with Gasteiger partial charge in [-0.2, -0.15) is 0 Å². The van der Waals surface area contributed by atoms with Crippen molar-refractivity contribution in [2.24, 2.45) is 0 Å². The molecule has 1 aliphatic heterocycles. The van der Waals surface area contributed by atoms with Crippen molar-refractivity contribution in [3.63, 3.8) is 0 Å². The molecule has 1 N–H and O–H groups in total. The van der Waals surface area contributed by atoms with Crippen LogP contribution in [0.1, 0.15) is 37.0 Å². The second kappa shape index (κ2) is 9.40. The number of pyridine rings is 3. The minimum Gasteiger partial charge on any atom is -0.494 e. The molecule has 176 valence electrons. The SMILES string of the molecule is COc1cnc(Cl)cc1-c1cc(C)ncc1C(=O)Nc1nc2c(s1)CN(C(=O)c1ccncc1)C2. The molecule has 2 amide bonds. The molecule has 5 heterocycles. The summed E-state index contributed by atoms with van der Waals surface area (Å²) in [4.78, 5) is 45.5. The van der Waals surface area contributed by atoms with Crippen molar-refractivity contribution in [2.45, 2.75) is 20.0 Å². The van der Waals surface area contributed by atoms with Gasteiger partial charge in [0.25, 0.3) is 11.8 Å². The van der Waals surface area contributed by atoms with Gasteiger partial charge >= 0.3 is 0 Å². The van der Waals surface area contributed by atoms with Crippen LogP contribution in [0, 0.1) is 6.92 Å². The van der Waals surface area contributed by atoms with Crippen LogP contribution < -0.4 is 10.1 Å². The third-order valence-electron chi connectivity index (χ3n) is 5.52. The summed E-state index contributed by atoms with van der Waals surface area (Å²) in [6, 6.07) is 6.82. The van der Waals surface area contributed by atoms with Gasteiger partial charge in [0, 0.05) is 41.0 Å². The fourth-order valence-corrected chi connectivity index (χ4v) is 4.97. The molecular formula is C24H19ClN6O3S. The van der Waals surface area contributed by atoms with Crippen molar-refractivity contribution in [2.75, 3.05) is 12.4 Å². The minimum absolute atomic E-state index is 0.0801. The number of thiazole rings is 1. The van der Waals surface area contributed by atoms with E-state index in [-0.39, 0.29) is 17.0 Å². The Balaban J connectivity index is 1.37. The lowest BCUT2D eigenvalue weighted by molar-refractivity contribution is 0.0750. The van der Waals surface area contributed by atoms with E-state index in [1.165, 1.54) is 30.8 Å². The molecule has 5 rings (SSSR count). The second-order valence-electron chi connectivity index (χ2n) is 7.82. The van der Waals surface area contributed by atoms with E-state index in [9.17, 15) is 9.59 Å². The first-order valence-electron chi connectivity index (χ1n) is 10.6. The van der Waals surface area contributed by atoms with Crippen molar-refractivity contribution in [3.05, 3.63) is 81.6 Å². The first kappa shape index (κ1) is 22.9. The summed E-state index contributed by atoms with van der Waals surface area (Å²) in [5.41, 5.74) is 3.69. The van der Waals surface area contributed by atoms with Crippen LogP contribution in [-0.2, 0) is 13.1 Å². The maximum atomic E-state index is 13.2. The second-order valence-corrected chi connectivity index (χ2v) is 9.29. The van der Waals surface area contributed by atoms with Crippen LogP contribution in [0.3, 0.4) is 0 Å². The lowest BCUT2D eigenvalue weighted by atomic mass is 10.0. The average Bonchev–Trinajstić information content (AvgIpc) is 3.42. The monoisotopic (exact) mass is 506 g/mol. The Morgan fingerprint density at radius 1 is 1.11 bits per heavy atom. The van der Waals surface area contributed by atoms with E-state index in [2.05, 4.69) is 25.3 Å². The molecule has 0 spiro atoms. The van der Waals surface area contributed by atoms with E-state index in [4.69, 9.17) is 16.3 Å². The Kier molecular flexibility index (Phi) is 6.14. The van der Waals surface area contributed by atoms with Crippen LogP contribution in [0.5, 0.6) is 5.75 Å². The van der Waals surface area contributed by atoms with Crippen molar-refractivity contribution in [1.82, 2.24) is 24.8 Å². The number of carbonyl (C=O) groups is 2. The number of halogens is 1. The smallest absolute Gasteiger partial charge is 0.259 e. The van der Waals surface area contributed by atoms with E-state index < -0.39 is 0 Å². The molecule has 0 aromatic carbocycles. The van der Waals surface area contributed by atoms with Crippen LogP contribution in [0.4, 0.5) is 5.13 Å². The van der Waals surface area contributed by atoms with Crippen molar-refractivity contribution >= 4 is 39.9 Å². The maximum absolute atomic E-state index is 13.2. The van der Waals surface area contributed by atoms with Crippen molar-refractivity contribution in [3.8, 4) is 16.9 Å². The summed E-state index contributed by atoms with van der Waals surface area (Å²) in [5.74, 6) is 0.0457. The highest BCUT2D eigenvalue weighted by Crippen LogP contribution is 2.35. The molecule has 4 aromatic rings. The summed E-state index contributed by atoms with van der Waals surface area (Å²) in [6.45, 7) is 2.66. The van der Waals surface area contributed by atoms with Crippen LogP contribution >= 0.6 is 22.9 Å². The predicted octanol–water partition coefficient (Wildman–Crippen LogP) is 4.37. The Morgan fingerprint density at radius 3 is 2.66 bits per heavy atom. The number of anilines is 1. The van der Waals surface area contributed by atoms with Gasteiger partial charge in [-0.25, -0.2) is 9.97 Å². The molecular weight excluding hydrogens is 488 g/mol. The van der Waals surface area contributed by atoms with Gasteiger partial charge < -0.3 is 9.64 Å². The Morgan fingerprint density at radius 2 is 1.91 bits per heavy atom. The lowest BCUT2D eigenvalue weighted by Crippen LogP contribution is -2.25. The molecule has 35 heavy (non-hydrogen) atoms. The number of carbonyl (C=O) groups excluding carboxylic acids is 2. The maximum Gasteiger partial charge on any atom is 0.259 e. The highest BCUT2D eigenvalue weighted by atomic mass is 35.5. The Hall–Kier alpha value is -3.89. The highest BCUT2D eigenvalue weighted by molar-refractivity contribution is 7.16. The molecule has 9 nitrogen and oxygen atoms in total. The molecule has 0 radical (unpaired) electrons. The molecule has 1 aliphatic rings. The normalized spacial score (nSPS) is 12.4. The van der Waals surface area contributed by atoms with E-state index in [1.54, 1.807) is 41.6 Å². The van der Waals surface area contributed by atoms with Crippen LogP contribution in [0.2, 0.25) is 5.15 Å². The molecule has 0 unspecified atom stereocenters. The number of fused-ring (bicyclic) bond motifs is 1. The van der Waals surface area contributed by atoms with E-state index in [0.29, 0.717) is 46.2 Å². The van der Waals surface area contributed by atoms with E-state index >= 15 is 0 Å². The largest absolute Gasteiger partial charge is 0.494 e. The summed E-state index contributed by atoms with van der Waals surface area (Å²) in [5, 5.41) is 3.61. The van der Waals surface area contributed by atoms with Gasteiger partial charge in [0.2, 0.25) is 0 Å². The number of hydrogen-bond donors (Lipinski definition) is 1. The number of rotatable bonds is 5. The van der Waals surface area contributed by atoms with Crippen LogP contribution in [0.25, 0.3) is 11.1 Å². The molecule has 0 fully saturated rings. The number of nitrogens with zero attached hydrogens (tertiary/aromatic N) is 5. The third kappa shape index (κ3) is 4.58. The number of methoxy groups -OCH3 is 1. The van der Waals surface area contributed by atoms with Gasteiger partial charge in [-0.15, -0.1) is 0 Å². The molecule has 0 saturated carbocycles. The number of ether oxygens (including phenoxy) is 1. The van der Waals surface area contributed by atoms with Gasteiger partial charge in [0.15, 0.2) is 5.13 Å². The molecule has 0 aliphatic carbocycles. The number of nitrogens with one attached hydrogen (secondary N) is 1. The summed E-state index contributed by atoms with van der Waals surface area (Å²) >= 11 is 7.47. The standard InChI is InChI=1S/C24H19ClN6O3S/c1-13-7-15(16-8-21(25)28-10-19(16)34-2)17(9-27-13)22(32)30-24-29-18-11-31(12-20(18)35-24)23(33)14-3-5-26-6-4-14/h3-10H,11-12H2,1-2H3,(H,29,30,32). The molecule has 0 saturated heterocycles. The van der Waals surface area contributed by atoms with Gasteiger partial charge in [0.05, 0.1) is 42.5 Å². The fourth-order valence-electron chi connectivity index (χ4n) is 3.83. The number of aromatic nitrogens is 4. The number of amides is 2. The highest BCUT2D eigenvalue weighted by Gasteiger charge is 2.28. The van der Waals surface area contributed by atoms with Gasteiger partial charge in [0.1, 0.15) is 10.9 Å². The van der Waals surface area contributed by atoms with Gasteiger partial charge in [-0.1, -0.05) is 22.9 Å². The topological polar surface area (TPSA) is 110 Å². The predicted molar refractivity (Wildman–Crippen MR) is 132 cm³/mol. The van der Waals surface area contributed by atoms with Crippen molar-refractivity contribution < 1.29 is 14.3 Å². The summed E-state index contributed by atoms with van der Waals surface area (Å²) in [6.07, 6.45) is 6.22. The Bertz CT molecular complexity index is 1420. The molecule has 0 atom stereocenters. The van der Waals surface area contributed by atoms with E-state index in [1.807, 2.05) is 6.92 Å². The van der Waals surface area contributed by atoms with Crippen LogP contribution in [0.15, 0.2) is 49.1 Å². The zero-order valence-electron chi connectivity index (χ0n) is 18.8. The van der Waals surface area contributed by atoms with Crippen LogP contribution in [-0.4, -0.2) is 43.8 Å². The van der Waals surface area contributed by atoms with Gasteiger partial charge in [-0.05, 0) is 31.2 Å². The number of hydrogen-bond acceptors (Lipinski definition) is 8. The first-order chi connectivity index (χ1) is 16.9. The Labute approximate surface area is 209 Å². The molecule has 0 bridgehead atoms. The number of aryl methyl sites for hydroxylation is 1. The summed E-state index contributed by atoms with van der Waals surface area (Å²) in [7, 11) is 1.53. The molecule has 11 heteroatoms. The quantitative estimate of drug-likeness (QED) is 0.400. The fraction of sp³-hybridized carbons (Fsp3) is 0.167. The first-order valence-corrected chi connectivity index (χ1v) is 11.8. The van der Waals surface area contributed by atoms with Crippen molar-refractivity contribution in [1.29, 1.82) is 0 Å². The lowest BCUT2D eigenvalue weighted by Gasteiger charge is -2.15. The molecule has 4 aromatic heterocycles. The zero-order valence-corrected chi connectivity index (χ0v) is 20.4. The van der Waals surface area contributed by atoms with Gasteiger partial charge in [-0.3, -0.25) is 24.9 Å². The van der Waals surface area contributed by atoms with E-state index in [0.717, 1.165) is 16.3 Å². The zero-order chi connectivity index (χ0) is 24.5.